The summed E-state index contributed by atoms with van der Waals surface area (Å²) in [6.45, 7) is 0. The molecule has 1 heterocycles. The highest BCUT2D eigenvalue weighted by atomic mass is 16.5. The van der Waals surface area contributed by atoms with Gasteiger partial charge in [-0.15, -0.1) is 0 Å². The van der Waals surface area contributed by atoms with Crippen molar-refractivity contribution in [2.24, 2.45) is 5.73 Å². The Morgan fingerprint density at radius 2 is 2.17 bits per heavy atom. The zero-order valence-corrected chi connectivity index (χ0v) is 6.88. The van der Waals surface area contributed by atoms with E-state index < -0.39 is 5.97 Å². The van der Waals surface area contributed by atoms with Crippen LogP contribution in [0.5, 0.6) is 0 Å². The highest BCUT2D eigenvalue weighted by Gasteiger charge is 2.31. The second-order valence-corrected chi connectivity index (χ2v) is 2.27. The van der Waals surface area contributed by atoms with Gasteiger partial charge in [-0.2, -0.15) is 0 Å². The standard InChI is InChI=1S/C6H11N3O3/c1-11-5-3-4(10)8-6(7,9-5)12-2/h3,9H,7H2,1-2H3,(H,8,10). The second kappa shape index (κ2) is 3.00. The molecule has 12 heavy (non-hydrogen) atoms. The zero-order chi connectivity index (χ0) is 9.19. The predicted molar refractivity (Wildman–Crippen MR) is 40.3 cm³/mol. The van der Waals surface area contributed by atoms with E-state index in [-0.39, 0.29) is 11.8 Å². The molecule has 0 aromatic heterocycles. The molecule has 6 heteroatoms. The van der Waals surface area contributed by atoms with Gasteiger partial charge in [0, 0.05) is 7.11 Å². The molecule has 1 aliphatic rings. The van der Waals surface area contributed by atoms with Gasteiger partial charge in [0.1, 0.15) is 0 Å². The first kappa shape index (κ1) is 8.82. The van der Waals surface area contributed by atoms with Crippen LogP contribution in [0.15, 0.2) is 12.0 Å². The highest BCUT2D eigenvalue weighted by molar-refractivity contribution is 5.89. The van der Waals surface area contributed by atoms with Crippen molar-refractivity contribution >= 4 is 5.91 Å². The van der Waals surface area contributed by atoms with Crippen LogP contribution in [-0.4, -0.2) is 26.1 Å². The zero-order valence-electron chi connectivity index (χ0n) is 6.88. The molecule has 0 aromatic carbocycles. The van der Waals surface area contributed by atoms with E-state index in [1.165, 1.54) is 20.3 Å². The van der Waals surface area contributed by atoms with Crippen molar-refractivity contribution in [3.8, 4) is 0 Å². The molecule has 4 N–H and O–H groups in total. The summed E-state index contributed by atoms with van der Waals surface area (Å²) in [7, 11) is 2.79. The molecule has 0 spiro atoms. The second-order valence-electron chi connectivity index (χ2n) is 2.27. The number of carbonyl (C=O) groups excluding carboxylic acids is 1. The molecule has 0 fully saturated rings. The monoisotopic (exact) mass is 173 g/mol. The summed E-state index contributed by atoms with van der Waals surface area (Å²) in [6.07, 6.45) is 1.24. The molecular weight excluding hydrogens is 162 g/mol. The van der Waals surface area contributed by atoms with Crippen LogP contribution < -0.4 is 16.4 Å². The largest absolute Gasteiger partial charge is 0.482 e. The lowest BCUT2D eigenvalue weighted by Crippen LogP contribution is -2.68. The van der Waals surface area contributed by atoms with Crippen LogP contribution in [0.3, 0.4) is 0 Å². The third kappa shape index (κ3) is 1.66. The average Bonchev–Trinajstić information content (AvgIpc) is 2.03. The summed E-state index contributed by atoms with van der Waals surface area (Å²) in [6, 6.07) is 0. The first-order chi connectivity index (χ1) is 5.59. The summed E-state index contributed by atoms with van der Waals surface area (Å²) >= 11 is 0. The molecule has 1 unspecified atom stereocenters. The van der Waals surface area contributed by atoms with Crippen molar-refractivity contribution in [2.45, 2.75) is 5.97 Å². The Bertz CT molecular complexity index is 228. The van der Waals surface area contributed by atoms with Gasteiger partial charge in [-0.1, -0.05) is 0 Å². The van der Waals surface area contributed by atoms with E-state index >= 15 is 0 Å². The van der Waals surface area contributed by atoms with Crippen molar-refractivity contribution in [3.63, 3.8) is 0 Å². The summed E-state index contributed by atoms with van der Waals surface area (Å²) in [4.78, 5) is 10.9. The van der Waals surface area contributed by atoms with Crippen LogP contribution >= 0.6 is 0 Å². The molecule has 6 nitrogen and oxygen atoms in total. The van der Waals surface area contributed by atoms with Crippen molar-refractivity contribution in [3.05, 3.63) is 12.0 Å². The molecule has 0 aliphatic carbocycles. The average molecular weight is 173 g/mol. The Morgan fingerprint density at radius 3 is 2.67 bits per heavy atom. The summed E-state index contributed by atoms with van der Waals surface area (Å²) in [5.41, 5.74) is 5.53. The minimum absolute atomic E-state index is 0.267. The quantitative estimate of drug-likeness (QED) is 0.438. The molecule has 0 aromatic rings. The van der Waals surface area contributed by atoms with Gasteiger partial charge in [0.05, 0.1) is 13.2 Å². The van der Waals surface area contributed by atoms with Crippen LogP contribution in [-0.2, 0) is 14.3 Å². The van der Waals surface area contributed by atoms with Gasteiger partial charge < -0.3 is 9.47 Å². The SMILES string of the molecule is COC1=CC(=O)NC(N)(OC)N1. The number of nitrogens with one attached hydrogen (secondary N) is 2. The van der Waals surface area contributed by atoms with Crippen LogP contribution in [0.25, 0.3) is 0 Å². The van der Waals surface area contributed by atoms with E-state index in [2.05, 4.69) is 10.6 Å². The number of nitrogens with two attached hydrogens (primary N) is 1. The fourth-order valence-corrected chi connectivity index (χ4v) is 0.801. The molecule has 1 aliphatic heterocycles. The van der Waals surface area contributed by atoms with Gasteiger partial charge in [0.15, 0.2) is 5.88 Å². The van der Waals surface area contributed by atoms with E-state index in [1.807, 2.05) is 0 Å². The summed E-state index contributed by atoms with van der Waals surface area (Å²) < 4.78 is 9.58. The smallest absolute Gasteiger partial charge is 0.281 e. The van der Waals surface area contributed by atoms with Gasteiger partial charge in [-0.05, 0) is 0 Å². The van der Waals surface area contributed by atoms with E-state index in [1.54, 1.807) is 0 Å². The molecule has 1 amide bonds. The maximum atomic E-state index is 10.9. The molecule has 68 valence electrons. The third-order valence-corrected chi connectivity index (χ3v) is 1.42. The van der Waals surface area contributed by atoms with Crippen molar-refractivity contribution < 1.29 is 14.3 Å². The molecule has 0 radical (unpaired) electrons. The van der Waals surface area contributed by atoms with E-state index in [0.717, 1.165) is 0 Å². The van der Waals surface area contributed by atoms with Gasteiger partial charge in [-0.3, -0.25) is 21.2 Å². The van der Waals surface area contributed by atoms with Crippen LogP contribution in [0.1, 0.15) is 0 Å². The predicted octanol–water partition coefficient (Wildman–Crippen LogP) is -1.59. The molecule has 1 rings (SSSR count). The summed E-state index contributed by atoms with van der Waals surface area (Å²) in [5, 5.41) is 4.98. The van der Waals surface area contributed by atoms with Crippen LogP contribution in [0, 0.1) is 0 Å². The fourth-order valence-electron chi connectivity index (χ4n) is 0.801. The molecule has 0 bridgehead atoms. The molecule has 0 saturated carbocycles. The number of methoxy groups -OCH3 is 2. The topological polar surface area (TPSA) is 85.6 Å². The lowest BCUT2D eigenvalue weighted by atomic mass is 10.4. The lowest BCUT2D eigenvalue weighted by molar-refractivity contribution is -0.133. The van der Waals surface area contributed by atoms with Crippen molar-refractivity contribution in [1.29, 1.82) is 0 Å². The Labute approximate surface area is 69.7 Å². The summed E-state index contributed by atoms with van der Waals surface area (Å²) in [5.74, 6) is -1.48. The number of ether oxygens (including phenoxy) is 2. The minimum Gasteiger partial charge on any atom is -0.482 e. The Kier molecular flexibility index (Phi) is 2.20. The molecule has 1 atom stereocenters. The fraction of sp³-hybridized carbons (Fsp3) is 0.500. The van der Waals surface area contributed by atoms with Gasteiger partial charge in [-0.25, -0.2) is 0 Å². The Balaban J connectivity index is 2.79. The van der Waals surface area contributed by atoms with Crippen molar-refractivity contribution in [1.82, 2.24) is 10.6 Å². The number of carbonyl (C=O) groups is 1. The van der Waals surface area contributed by atoms with Gasteiger partial charge in [0.2, 0.25) is 0 Å². The maximum absolute atomic E-state index is 10.9. The number of rotatable bonds is 2. The number of hydrogen-bond acceptors (Lipinski definition) is 5. The van der Waals surface area contributed by atoms with Gasteiger partial charge >= 0.3 is 0 Å². The van der Waals surface area contributed by atoms with E-state index in [0.29, 0.717) is 0 Å². The van der Waals surface area contributed by atoms with Crippen LogP contribution in [0.4, 0.5) is 0 Å². The van der Waals surface area contributed by atoms with Gasteiger partial charge in [0.25, 0.3) is 11.9 Å². The van der Waals surface area contributed by atoms with Crippen molar-refractivity contribution in [2.75, 3.05) is 14.2 Å². The highest BCUT2D eigenvalue weighted by Crippen LogP contribution is 2.03. The first-order valence-electron chi connectivity index (χ1n) is 3.29. The lowest BCUT2D eigenvalue weighted by Gasteiger charge is -2.33. The normalized spacial score (nSPS) is 28.6. The Morgan fingerprint density at radius 1 is 1.50 bits per heavy atom. The number of amides is 1. The number of hydrogen-bond donors (Lipinski definition) is 3. The molecule has 0 saturated heterocycles. The minimum atomic E-state index is -1.38. The Hall–Kier alpha value is -1.27. The van der Waals surface area contributed by atoms with E-state index in [4.69, 9.17) is 15.2 Å². The van der Waals surface area contributed by atoms with Crippen LogP contribution in [0.2, 0.25) is 0 Å². The molecular formula is C6H11N3O3. The van der Waals surface area contributed by atoms with E-state index in [9.17, 15) is 4.79 Å². The third-order valence-electron chi connectivity index (χ3n) is 1.42. The first-order valence-corrected chi connectivity index (χ1v) is 3.29. The maximum Gasteiger partial charge on any atom is 0.281 e.